The number of amides is 2. The van der Waals surface area contributed by atoms with E-state index >= 15 is 0 Å². The van der Waals surface area contributed by atoms with Crippen LogP contribution in [0.4, 0.5) is 0 Å². The van der Waals surface area contributed by atoms with E-state index in [1.165, 1.54) is 0 Å². The van der Waals surface area contributed by atoms with Crippen molar-refractivity contribution < 1.29 is 14.1 Å². The molecule has 0 saturated carbocycles. The van der Waals surface area contributed by atoms with Crippen LogP contribution >= 0.6 is 0 Å². The van der Waals surface area contributed by atoms with Crippen molar-refractivity contribution in [1.29, 1.82) is 0 Å². The summed E-state index contributed by atoms with van der Waals surface area (Å²) in [5.41, 5.74) is 2.57. The summed E-state index contributed by atoms with van der Waals surface area (Å²) in [5, 5.41) is 6.70. The van der Waals surface area contributed by atoms with E-state index in [0.717, 1.165) is 11.1 Å². The molecule has 0 radical (unpaired) electrons. The first-order valence-corrected chi connectivity index (χ1v) is 9.56. The van der Waals surface area contributed by atoms with Crippen LogP contribution in [0.3, 0.4) is 0 Å². The van der Waals surface area contributed by atoms with Gasteiger partial charge in [0.15, 0.2) is 5.82 Å². The smallest absolute Gasteiger partial charge is 0.255 e. The second kappa shape index (κ2) is 7.87. The number of aromatic nitrogens is 2. The van der Waals surface area contributed by atoms with Crippen LogP contribution in [0.5, 0.6) is 0 Å². The van der Waals surface area contributed by atoms with Crippen LogP contribution in [0.15, 0.2) is 59.1 Å². The first-order valence-electron chi connectivity index (χ1n) is 9.56. The number of hydrogen-bond donors (Lipinski definition) is 1. The van der Waals surface area contributed by atoms with Crippen LogP contribution in [0, 0.1) is 6.92 Å². The minimum absolute atomic E-state index is 0.127. The molecule has 7 heteroatoms. The topological polar surface area (TPSA) is 88.3 Å². The second-order valence-electron chi connectivity index (χ2n) is 7.21. The Labute approximate surface area is 168 Å². The molecule has 3 aromatic rings. The Morgan fingerprint density at radius 1 is 1.17 bits per heavy atom. The molecule has 1 aromatic heterocycles. The van der Waals surface area contributed by atoms with Crippen LogP contribution in [0.1, 0.15) is 46.2 Å². The normalized spacial score (nSPS) is 15.1. The zero-order valence-electron chi connectivity index (χ0n) is 16.3. The lowest BCUT2D eigenvalue weighted by atomic mass is 10.0. The van der Waals surface area contributed by atoms with Crippen molar-refractivity contribution in [3.63, 3.8) is 0 Å². The molecule has 2 atom stereocenters. The molecule has 29 heavy (non-hydrogen) atoms. The molecular weight excluding hydrogens is 368 g/mol. The molecule has 0 bridgehead atoms. The number of carbonyl (C=O) groups is 2. The summed E-state index contributed by atoms with van der Waals surface area (Å²) in [4.78, 5) is 32.0. The number of hydrogen-bond acceptors (Lipinski definition) is 5. The van der Waals surface area contributed by atoms with Crippen LogP contribution in [-0.2, 0) is 17.8 Å². The van der Waals surface area contributed by atoms with Gasteiger partial charge in [-0.3, -0.25) is 9.59 Å². The summed E-state index contributed by atoms with van der Waals surface area (Å²) in [6.45, 7) is 3.92. The van der Waals surface area contributed by atoms with Gasteiger partial charge >= 0.3 is 0 Å². The number of rotatable bonds is 6. The SMILES string of the molecule is Cc1noc(C(C)NC(=O)[C@@H](Cc2ccccc2)N2Cc3ccccc3C2=O)n1. The monoisotopic (exact) mass is 390 g/mol. The summed E-state index contributed by atoms with van der Waals surface area (Å²) in [6, 6.07) is 16.1. The van der Waals surface area contributed by atoms with Gasteiger partial charge in [-0.05, 0) is 31.0 Å². The van der Waals surface area contributed by atoms with Gasteiger partial charge < -0.3 is 14.7 Å². The Morgan fingerprint density at radius 3 is 2.59 bits per heavy atom. The third kappa shape index (κ3) is 3.89. The molecule has 4 rings (SSSR count). The van der Waals surface area contributed by atoms with Gasteiger partial charge in [-0.1, -0.05) is 53.7 Å². The summed E-state index contributed by atoms with van der Waals surface area (Å²) >= 11 is 0. The Bertz CT molecular complexity index is 1030. The quantitative estimate of drug-likeness (QED) is 0.699. The highest BCUT2D eigenvalue weighted by molar-refractivity contribution is 6.01. The fourth-order valence-electron chi connectivity index (χ4n) is 3.57. The predicted molar refractivity (Wildman–Crippen MR) is 106 cm³/mol. The van der Waals surface area contributed by atoms with Crippen molar-refractivity contribution in [2.24, 2.45) is 0 Å². The average Bonchev–Trinajstić information content (AvgIpc) is 3.31. The van der Waals surface area contributed by atoms with E-state index in [1.54, 1.807) is 24.8 Å². The van der Waals surface area contributed by atoms with Crippen LogP contribution in [-0.4, -0.2) is 32.9 Å². The molecule has 0 aliphatic carbocycles. The maximum Gasteiger partial charge on any atom is 0.255 e. The third-order valence-corrected chi connectivity index (χ3v) is 5.07. The molecule has 7 nitrogen and oxygen atoms in total. The number of benzene rings is 2. The Hall–Kier alpha value is -3.48. The molecule has 0 spiro atoms. The van der Waals surface area contributed by atoms with E-state index in [9.17, 15) is 9.59 Å². The van der Waals surface area contributed by atoms with Gasteiger partial charge in [-0.25, -0.2) is 0 Å². The second-order valence-corrected chi connectivity index (χ2v) is 7.21. The van der Waals surface area contributed by atoms with Crippen LogP contribution in [0.25, 0.3) is 0 Å². The molecule has 0 fully saturated rings. The number of aryl methyl sites for hydroxylation is 1. The molecule has 2 amide bonds. The molecule has 0 saturated heterocycles. The number of carbonyl (C=O) groups excluding carboxylic acids is 2. The molecule has 148 valence electrons. The highest BCUT2D eigenvalue weighted by Crippen LogP contribution is 2.26. The molecule has 1 aliphatic heterocycles. The van der Waals surface area contributed by atoms with Crippen LogP contribution < -0.4 is 5.32 Å². The minimum atomic E-state index is -0.649. The van der Waals surface area contributed by atoms with Crippen molar-refractivity contribution in [3.8, 4) is 0 Å². The molecule has 1 N–H and O–H groups in total. The summed E-state index contributed by atoms with van der Waals surface area (Å²) < 4.78 is 5.17. The van der Waals surface area contributed by atoms with Crippen molar-refractivity contribution in [3.05, 3.63) is 83.0 Å². The maximum atomic E-state index is 13.2. The average molecular weight is 390 g/mol. The summed E-state index contributed by atoms with van der Waals surface area (Å²) in [5.74, 6) is 0.466. The molecule has 2 aromatic carbocycles. The van der Waals surface area contributed by atoms with Crippen LogP contribution in [0.2, 0.25) is 0 Å². The predicted octanol–water partition coefficient (Wildman–Crippen LogP) is 2.82. The Kier molecular flexibility index (Phi) is 5.12. The van der Waals surface area contributed by atoms with Crippen molar-refractivity contribution in [1.82, 2.24) is 20.4 Å². The van der Waals surface area contributed by atoms with E-state index in [4.69, 9.17) is 4.52 Å². The highest BCUT2D eigenvalue weighted by Gasteiger charge is 2.37. The maximum absolute atomic E-state index is 13.2. The highest BCUT2D eigenvalue weighted by atomic mass is 16.5. The standard InChI is InChI=1S/C22H22N4O3/c1-14(21-24-15(2)25-29-21)23-20(27)19(12-16-8-4-3-5-9-16)26-13-17-10-6-7-11-18(17)22(26)28/h3-11,14,19H,12-13H2,1-2H3,(H,23,27)/t14?,19-/m1/s1. The van der Waals surface area contributed by atoms with E-state index < -0.39 is 12.1 Å². The van der Waals surface area contributed by atoms with Gasteiger partial charge in [0.25, 0.3) is 5.91 Å². The molecule has 1 unspecified atom stereocenters. The minimum Gasteiger partial charge on any atom is -0.343 e. The van der Waals surface area contributed by atoms with E-state index in [2.05, 4.69) is 15.5 Å². The lowest BCUT2D eigenvalue weighted by Gasteiger charge is -2.28. The Morgan fingerprint density at radius 2 is 1.90 bits per heavy atom. The van der Waals surface area contributed by atoms with Gasteiger partial charge in [0, 0.05) is 18.5 Å². The first kappa shape index (κ1) is 18.9. The Balaban J connectivity index is 1.58. The van der Waals surface area contributed by atoms with Gasteiger partial charge in [0.2, 0.25) is 11.8 Å². The van der Waals surface area contributed by atoms with Gasteiger partial charge in [0.05, 0.1) is 0 Å². The first-order chi connectivity index (χ1) is 14.0. The van der Waals surface area contributed by atoms with Crippen molar-refractivity contribution in [2.75, 3.05) is 0 Å². The zero-order valence-corrected chi connectivity index (χ0v) is 16.3. The van der Waals surface area contributed by atoms with E-state index in [-0.39, 0.29) is 11.8 Å². The number of nitrogens with zero attached hydrogens (tertiary/aromatic N) is 3. The largest absolute Gasteiger partial charge is 0.343 e. The number of fused-ring (bicyclic) bond motifs is 1. The third-order valence-electron chi connectivity index (χ3n) is 5.07. The summed E-state index contributed by atoms with van der Waals surface area (Å²) in [6.07, 6.45) is 0.419. The molecular formula is C22H22N4O3. The van der Waals surface area contributed by atoms with E-state index in [0.29, 0.717) is 30.2 Å². The fourth-order valence-corrected chi connectivity index (χ4v) is 3.57. The number of nitrogens with one attached hydrogen (secondary N) is 1. The zero-order chi connectivity index (χ0) is 20.4. The van der Waals surface area contributed by atoms with Crippen molar-refractivity contribution in [2.45, 2.75) is 38.9 Å². The van der Waals surface area contributed by atoms with E-state index in [1.807, 2.05) is 48.5 Å². The molecule has 1 aliphatic rings. The van der Waals surface area contributed by atoms with Gasteiger partial charge in [-0.2, -0.15) is 4.98 Å². The lowest BCUT2D eigenvalue weighted by Crippen LogP contribution is -2.49. The van der Waals surface area contributed by atoms with Gasteiger partial charge in [-0.15, -0.1) is 0 Å². The fraction of sp³-hybridized carbons (Fsp3) is 0.273. The summed E-state index contributed by atoms with van der Waals surface area (Å²) in [7, 11) is 0. The molecule has 2 heterocycles. The van der Waals surface area contributed by atoms with Gasteiger partial charge in [0.1, 0.15) is 12.1 Å². The van der Waals surface area contributed by atoms with Crippen molar-refractivity contribution >= 4 is 11.8 Å². The lowest BCUT2D eigenvalue weighted by molar-refractivity contribution is -0.126.